The summed E-state index contributed by atoms with van der Waals surface area (Å²) < 4.78 is 5.12. The summed E-state index contributed by atoms with van der Waals surface area (Å²) in [6.07, 6.45) is 2.08. The molecule has 0 aromatic rings. The van der Waals surface area contributed by atoms with Crippen molar-refractivity contribution in [1.82, 2.24) is 10.2 Å². The maximum Gasteiger partial charge on any atom is 0.227 e. The lowest BCUT2D eigenvalue weighted by molar-refractivity contribution is -0.140. The monoisotopic (exact) mass is 256 g/mol. The first-order valence-corrected chi connectivity index (χ1v) is 6.89. The largest absolute Gasteiger partial charge is 0.383 e. The first-order valence-electron chi connectivity index (χ1n) is 6.89. The highest BCUT2D eigenvalue weighted by atomic mass is 16.5. The number of carbonyl (C=O) groups excluding carboxylic acids is 1. The molecule has 1 atom stereocenters. The third-order valence-electron chi connectivity index (χ3n) is 3.36. The second-order valence-corrected chi connectivity index (χ2v) is 6.34. The molecule has 1 amide bonds. The molecule has 1 aliphatic rings. The minimum Gasteiger partial charge on any atom is -0.383 e. The number of nitrogens with one attached hydrogen (secondary N) is 1. The molecule has 1 aliphatic heterocycles. The van der Waals surface area contributed by atoms with Gasteiger partial charge in [-0.2, -0.15) is 0 Å². The van der Waals surface area contributed by atoms with Crippen LogP contribution >= 0.6 is 0 Å². The van der Waals surface area contributed by atoms with Gasteiger partial charge < -0.3 is 15.0 Å². The number of nitrogens with zero attached hydrogens (tertiary/aromatic N) is 1. The number of hydrogen-bond donors (Lipinski definition) is 1. The Labute approximate surface area is 111 Å². The van der Waals surface area contributed by atoms with Crippen LogP contribution in [0.3, 0.4) is 0 Å². The zero-order valence-corrected chi connectivity index (χ0v) is 12.5. The Bertz CT molecular complexity index is 265. The van der Waals surface area contributed by atoms with Gasteiger partial charge in [-0.3, -0.25) is 4.79 Å². The lowest BCUT2D eigenvalue weighted by Gasteiger charge is -2.36. The summed E-state index contributed by atoms with van der Waals surface area (Å²) in [6, 6.07) is 0.893. The summed E-state index contributed by atoms with van der Waals surface area (Å²) >= 11 is 0. The molecule has 1 heterocycles. The SMILES string of the molecule is COCC(C)NC1CCN(C(=O)C(C)(C)C)CC1. The van der Waals surface area contributed by atoms with Crippen LogP contribution in [-0.2, 0) is 9.53 Å². The Hall–Kier alpha value is -0.610. The van der Waals surface area contributed by atoms with Gasteiger partial charge in [0.25, 0.3) is 0 Å². The first-order chi connectivity index (χ1) is 8.34. The molecule has 0 aromatic heterocycles. The van der Waals surface area contributed by atoms with Gasteiger partial charge in [0.1, 0.15) is 0 Å². The molecule has 0 spiro atoms. The van der Waals surface area contributed by atoms with E-state index in [1.54, 1.807) is 7.11 Å². The van der Waals surface area contributed by atoms with Gasteiger partial charge in [-0.15, -0.1) is 0 Å². The number of ether oxygens (including phenoxy) is 1. The van der Waals surface area contributed by atoms with Crippen molar-refractivity contribution in [2.24, 2.45) is 5.41 Å². The molecule has 18 heavy (non-hydrogen) atoms. The van der Waals surface area contributed by atoms with Gasteiger partial charge >= 0.3 is 0 Å². The van der Waals surface area contributed by atoms with Crippen LogP contribution < -0.4 is 5.32 Å². The average molecular weight is 256 g/mol. The molecule has 4 nitrogen and oxygen atoms in total. The fraction of sp³-hybridized carbons (Fsp3) is 0.929. The number of hydrogen-bond acceptors (Lipinski definition) is 3. The zero-order valence-electron chi connectivity index (χ0n) is 12.5. The fourth-order valence-corrected chi connectivity index (χ4v) is 2.42. The van der Waals surface area contributed by atoms with Crippen LogP contribution in [0.5, 0.6) is 0 Å². The van der Waals surface area contributed by atoms with Crippen LogP contribution in [0, 0.1) is 5.41 Å². The van der Waals surface area contributed by atoms with Crippen LogP contribution in [0.25, 0.3) is 0 Å². The molecule has 1 rings (SSSR count). The van der Waals surface area contributed by atoms with Crippen molar-refractivity contribution in [3.05, 3.63) is 0 Å². The second kappa shape index (κ2) is 6.53. The number of likely N-dealkylation sites (tertiary alicyclic amines) is 1. The lowest BCUT2D eigenvalue weighted by Crippen LogP contribution is -2.50. The van der Waals surface area contributed by atoms with Gasteiger partial charge in [0, 0.05) is 37.7 Å². The smallest absolute Gasteiger partial charge is 0.227 e. The van der Waals surface area contributed by atoms with E-state index in [2.05, 4.69) is 12.2 Å². The second-order valence-electron chi connectivity index (χ2n) is 6.34. The standard InChI is InChI=1S/C14H28N2O2/c1-11(10-18-5)15-12-6-8-16(9-7-12)13(17)14(2,3)4/h11-12,15H,6-10H2,1-5H3. The third-order valence-corrected chi connectivity index (χ3v) is 3.36. The average Bonchev–Trinajstić information content (AvgIpc) is 2.28. The van der Waals surface area contributed by atoms with E-state index in [0.29, 0.717) is 12.1 Å². The van der Waals surface area contributed by atoms with Crippen LogP contribution in [0.1, 0.15) is 40.5 Å². The summed E-state index contributed by atoms with van der Waals surface area (Å²) in [4.78, 5) is 14.1. The van der Waals surface area contributed by atoms with E-state index < -0.39 is 0 Å². The van der Waals surface area contributed by atoms with E-state index in [1.165, 1.54) is 0 Å². The molecule has 0 saturated carbocycles. The molecule has 1 unspecified atom stereocenters. The first kappa shape index (κ1) is 15.4. The van der Waals surface area contributed by atoms with Crippen LogP contribution in [-0.4, -0.2) is 49.7 Å². The van der Waals surface area contributed by atoms with Crippen LogP contribution in [0.15, 0.2) is 0 Å². The van der Waals surface area contributed by atoms with Gasteiger partial charge in [-0.05, 0) is 19.8 Å². The molecule has 0 aromatic carbocycles. The maximum atomic E-state index is 12.1. The number of methoxy groups -OCH3 is 1. The highest BCUT2D eigenvalue weighted by Gasteiger charge is 2.30. The van der Waals surface area contributed by atoms with Crippen LogP contribution in [0.2, 0.25) is 0 Å². The quantitative estimate of drug-likeness (QED) is 0.831. The van der Waals surface area contributed by atoms with Crippen molar-refractivity contribution in [2.75, 3.05) is 26.8 Å². The van der Waals surface area contributed by atoms with Gasteiger partial charge in [0.15, 0.2) is 0 Å². The molecule has 1 N–H and O–H groups in total. The van der Waals surface area contributed by atoms with Gasteiger partial charge in [-0.25, -0.2) is 0 Å². The fourth-order valence-electron chi connectivity index (χ4n) is 2.42. The highest BCUT2D eigenvalue weighted by Crippen LogP contribution is 2.21. The predicted octanol–water partition coefficient (Wildman–Crippen LogP) is 1.65. The van der Waals surface area contributed by atoms with Crippen molar-refractivity contribution in [3.8, 4) is 0 Å². The van der Waals surface area contributed by atoms with Crippen LogP contribution in [0.4, 0.5) is 0 Å². The Kier molecular flexibility index (Phi) is 5.60. The molecule has 4 heteroatoms. The van der Waals surface area contributed by atoms with Crippen molar-refractivity contribution < 1.29 is 9.53 Å². The van der Waals surface area contributed by atoms with E-state index in [1.807, 2.05) is 25.7 Å². The van der Waals surface area contributed by atoms with Gasteiger partial charge in [0.2, 0.25) is 5.91 Å². The molecule has 0 radical (unpaired) electrons. The van der Waals surface area contributed by atoms with Crippen molar-refractivity contribution in [2.45, 2.75) is 52.6 Å². The normalized spacial score (nSPS) is 19.9. The summed E-state index contributed by atoms with van der Waals surface area (Å²) in [7, 11) is 1.72. The Morgan fingerprint density at radius 3 is 2.39 bits per heavy atom. The highest BCUT2D eigenvalue weighted by molar-refractivity contribution is 5.81. The summed E-state index contributed by atoms with van der Waals surface area (Å²) in [5, 5.41) is 3.55. The van der Waals surface area contributed by atoms with E-state index in [4.69, 9.17) is 4.74 Å². The number of piperidine rings is 1. The van der Waals surface area contributed by atoms with Gasteiger partial charge in [-0.1, -0.05) is 20.8 Å². The number of carbonyl (C=O) groups is 1. The molecule has 1 fully saturated rings. The van der Waals surface area contributed by atoms with E-state index in [-0.39, 0.29) is 11.3 Å². The summed E-state index contributed by atoms with van der Waals surface area (Å²) in [5.74, 6) is 0.269. The predicted molar refractivity (Wildman–Crippen MR) is 73.5 cm³/mol. The minimum atomic E-state index is -0.260. The van der Waals surface area contributed by atoms with Crippen molar-refractivity contribution >= 4 is 5.91 Å². The zero-order chi connectivity index (χ0) is 13.8. The molecule has 0 bridgehead atoms. The van der Waals surface area contributed by atoms with E-state index in [0.717, 1.165) is 32.5 Å². The van der Waals surface area contributed by atoms with Gasteiger partial charge in [0.05, 0.1) is 6.61 Å². The minimum absolute atomic E-state index is 0.260. The topological polar surface area (TPSA) is 41.6 Å². The molecular weight excluding hydrogens is 228 g/mol. The number of rotatable bonds is 4. The number of amides is 1. The Morgan fingerprint density at radius 2 is 1.94 bits per heavy atom. The van der Waals surface area contributed by atoms with Crippen molar-refractivity contribution in [3.63, 3.8) is 0 Å². The Balaban J connectivity index is 2.35. The van der Waals surface area contributed by atoms with E-state index in [9.17, 15) is 4.79 Å². The molecule has 1 saturated heterocycles. The lowest BCUT2D eigenvalue weighted by atomic mass is 9.93. The summed E-state index contributed by atoms with van der Waals surface area (Å²) in [5.41, 5.74) is -0.260. The third kappa shape index (κ3) is 4.58. The summed E-state index contributed by atoms with van der Waals surface area (Å²) in [6.45, 7) is 10.6. The Morgan fingerprint density at radius 1 is 1.39 bits per heavy atom. The molecular formula is C14H28N2O2. The molecule has 106 valence electrons. The maximum absolute atomic E-state index is 12.1. The van der Waals surface area contributed by atoms with Crippen molar-refractivity contribution in [1.29, 1.82) is 0 Å². The van der Waals surface area contributed by atoms with E-state index >= 15 is 0 Å². The molecule has 0 aliphatic carbocycles.